The molecule has 0 radical (unpaired) electrons. The van der Waals surface area contributed by atoms with Crippen molar-refractivity contribution in [2.45, 2.75) is 0 Å². The lowest BCUT2D eigenvalue weighted by molar-refractivity contribution is -0.880. The standard InChI is InChI=1S/C18H19ClN4O3/c1-21-8-10-22(11-9-21)17-7-4-14(19)12-16(17)20-18(24)13-2-5-15(6-3-13)23(25)26/h2-7,12H,8-11H2,1H3,(H,20,24)/p+1. The van der Waals surface area contributed by atoms with Gasteiger partial charge in [-0.05, 0) is 30.3 Å². The molecule has 0 aromatic heterocycles. The molecule has 26 heavy (non-hydrogen) atoms. The van der Waals surface area contributed by atoms with Crippen LogP contribution in [0.5, 0.6) is 0 Å². The number of nitrogens with zero attached hydrogens (tertiary/aromatic N) is 2. The number of halogens is 1. The van der Waals surface area contributed by atoms with Gasteiger partial charge in [0.05, 0.1) is 49.5 Å². The first kappa shape index (κ1) is 18.2. The van der Waals surface area contributed by atoms with Gasteiger partial charge < -0.3 is 15.1 Å². The van der Waals surface area contributed by atoms with E-state index in [-0.39, 0.29) is 11.6 Å². The van der Waals surface area contributed by atoms with Crippen LogP contribution in [0.15, 0.2) is 42.5 Å². The second-order valence-electron chi connectivity index (χ2n) is 6.36. The topological polar surface area (TPSA) is 79.9 Å². The number of likely N-dealkylation sites (N-methyl/N-ethyl adjacent to an activating group) is 1. The maximum Gasteiger partial charge on any atom is 0.269 e. The molecule has 0 bridgehead atoms. The van der Waals surface area contributed by atoms with Crippen LogP contribution in [0.4, 0.5) is 17.1 Å². The van der Waals surface area contributed by atoms with Gasteiger partial charge in [-0.1, -0.05) is 11.6 Å². The highest BCUT2D eigenvalue weighted by atomic mass is 35.5. The normalized spacial score (nSPS) is 14.9. The van der Waals surface area contributed by atoms with Crippen LogP contribution in [0.3, 0.4) is 0 Å². The van der Waals surface area contributed by atoms with Gasteiger partial charge in [-0.25, -0.2) is 0 Å². The molecule has 8 heteroatoms. The predicted molar refractivity (Wildman–Crippen MR) is 101 cm³/mol. The van der Waals surface area contributed by atoms with Gasteiger partial charge in [0.15, 0.2) is 0 Å². The molecule has 0 atom stereocenters. The van der Waals surface area contributed by atoms with Crippen LogP contribution >= 0.6 is 11.6 Å². The summed E-state index contributed by atoms with van der Waals surface area (Å²) in [5.41, 5.74) is 1.87. The number of amides is 1. The molecule has 1 amide bonds. The summed E-state index contributed by atoms with van der Waals surface area (Å²) in [6, 6.07) is 11.0. The Bertz CT molecular complexity index is 818. The molecule has 3 rings (SSSR count). The second-order valence-corrected chi connectivity index (χ2v) is 6.80. The number of nitro groups is 1. The summed E-state index contributed by atoms with van der Waals surface area (Å²) in [4.78, 5) is 26.5. The summed E-state index contributed by atoms with van der Waals surface area (Å²) in [5, 5.41) is 14.2. The lowest BCUT2D eigenvalue weighted by atomic mass is 10.1. The van der Waals surface area contributed by atoms with E-state index in [1.165, 1.54) is 29.2 Å². The summed E-state index contributed by atoms with van der Waals surface area (Å²) in [7, 11) is 2.16. The zero-order chi connectivity index (χ0) is 18.7. The quantitative estimate of drug-likeness (QED) is 0.631. The van der Waals surface area contributed by atoms with Gasteiger partial charge in [0.25, 0.3) is 11.6 Å². The van der Waals surface area contributed by atoms with Crippen molar-refractivity contribution in [3.05, 3.63) is 63.2 Å². The first-order valence-electron chi connectivity index (χ1n) is 8.35. The van der Waals surface area contributed by atoms with Gasteiger partial charge in [-0.3, -0.25) is 14.9 Å². The number of piperazine rings is 1. The van der Waals surface area contributed by atoms with Crippen molar-refractivity contribution in [3.63, 3.8) is 0 Å². The van der Waals surface area contributed by atoms with Gasteiger partial charge in [-0.15, -0.1) is 0 Å². The Morgan fingerprint density at radius 3 is 2.46 bits per heavy atom. The van der Waals surface area contributed by atoms with Crippen LogP contribution < -0.4 is 15.1 Å². The minimum Gasteiger partial charge on any atom is -0.359 e. The summed E-state index contributed by atoms with van der Waals surface area (Å²) in [6.07, 6.45) is 0. The molecule has 1 aliphatic heterocycles. The maximum absolute atomic E-state index is 12.5. The number of nitrogens with one attached hydrogen (secondary N) is 2. The average molecular weight is 376 g/mol. The fraction of sp³-hybridized carbons (Fsp3) is 0.278. The van der Waals surface area contributed by atoms with E-state index in [0.717, 1.165) is 31.9 Å². The number of non-ortho nitro benzene ring substituents is 1. The number of quaternary nitrogens is 1. The van der Waals surface area contributed by atoms with Gasteiger partial charge in [0.1, 0.15) is 0 Å². The summed E-state index contributed by atoms with van der Waals surface area (Å²) in [5.74, 6) is -0.330. The van der Waals surface area contributed by atoms with Crippen LogP contribution in [0.2, 0.25) is 5.02 Å². The number of hydrogen-bond acceptors (Lipinski definition) is 4. The number of hydrogen-bond donors (Lipinski definition) is 2. The third-order valence-electron chi connectivity index (χ3n) is 4.50. The van der Waals surface area contributed by atoms with E-state index in [2.05, 4.69) is 17.3 Å². The predicted octanol–water partition coefficient (Wildman–Crippen LogP) is 1.84. The maximum atomic E-state index is 12.5. The highest BCUT2D eigenvalue weighted by Gasteiger charge is 2.20. The molecule has 0 spiro atoms. The van der Waals surface area contributed by atoms with Crippen LogP contribution in [0, 0.1) is 10.1 Å². The van der Waals surface area contributed by atoms with Crippen LogP contribution in [0.25, 0.3) is 0 Å². The molecule has 136 valence electrons. The van der Waals surface area contributed by atoms with Crippen LogP contribution in [0.1, 0.15) is 10.4 Å². The van der Waals surface area contributed by atoms with Crippen molar-refractivity contribution in [1.82, 2.24) is 0 Å². The fourth-order valence-corrected chi connectivity index (χ4v) is 3.11. The SMILES string of the molecule is C[NH+]1CCN(c2ccc(Cl)cc2NC(=O)c2ccc([N+](=O)[O-])cc2)CC1. The summed E-state index contributed by atoms with van der Waals surface area (Å²) < 4.78 is 0. The van der Waals surface area contributed by atoms with Crippen molar-refractivity contribution in [1.29, 1.82) is 0 Å². The third kappa shape index (κ3) is 4.12. The van der Waals surface area contributed by atoms with E-state index in [1.54, 1.807) is 6.07 Å². The average Bonchev–Trinajstić information content (AvgIpc) is 2.63. The number of carbonyl (C=O) groups excluding carboxylic acids is 1. The zero-order valence-corrected chi connectivity index (χ0v) is 15.1. The highest BCUT2D eigenvalue weighted by molar-refractivity contribution is 6.31. The molecule has 2 N–H and O–H groups in total. The largest absolute Gasteiger partial charge is 0.359 e. The molecule has 7 nitrogen and oxygen atoms in total. The second kappa shape index (κ2) is 7.72. The Balaban J connectivity index is 1.81. The molecule has 1 saturated heterocycles. The number of anilines is 2. The van der Waals surface area contributed by atoms with Crippen molar-refractivity contribution in [2.24, 2.45) is 0 Å². The number of nitro benzene ring substituents is 1. The van der Waals surface area contributed by atoms with Gasteiger partial charge >= 0.3 is 0 Å². The van der Waals surface area contributed by atoms with E-state index < -0.39 is 4.92 Å². The Hall–Kier alpha value is -2.64. The zero-order valence-electron chi connectivity index (χ0n) is 14.4. The van der Waals surface area contributed by atoms with E-state index in [0.29, 0.717) is 16.3 Å². The third-order valence-corrected chi connectivity index (χ3v) is 4.74. The van der Waals surface area contributed by atoms with Crippen molar-refractivity contribution >= 4 is 34.6 Å². The van der Waals surface area contributed by atoms with Crippen LogP contribution in [-0.4, -0.2) is 44.1 Å². The van der Waals surface area contributed by atoms with E-state index in [9.17, 15) is 14.9 Å². The van der Waals surface area contributed by atoms with Gasteiger partial charge in [-0.2, -0.15) is 0 Å². The van der Waals surface area contributed by atoms with Crippen molar-refractivity contribution in [2.75, 3.05) is 43.4 Å². The van der Waals surface area contributed by atoms with Crippen LogP contribution in [-0.2, 0) is 0 Å². The summed E-state index contributed by atoms with van der Waals surface area (Å²) in [6.45, 7) is 3.85. The molecule has 1 aliphatic rings. The fourth-order valence-electron chi connectivity index (χ4n) is 2.94. The molecule has 0 unspecified atom stereocenters. The molecule has 1 fully saturated rings. The smallest absolute Gasteiger partial charge is 0.269 e. The Labute approximate surface area is 156 Å². The highest BCUT2D eigenvalue weighted by Crippen LogP contribution is 2.30. The Kier molecular flexibility index (Phi) is 5.39. The molecule has 2 aromatic carbocycles. The molecule has 2 aromatic rings. The van der Waals surface area contributed by atoms with E-state index in [1.807, 2.05) is 12.1 Å². The first-order valence-corrected chi connectivity index (χ1v) is 8.73. The Morgan fingerprint density at radius 1 is 1.19 bits per heavy atom. The first-order chi connectivity index (χ1) is 12.4. The van der Waals surface area contributed by atoms with E-state index in [4.69, 9.17) is 11.6 Å². The molecule has 0 saturated carbocycles. The Morgan fingerprint density at radius 2 is 1.85 bits per heavy atom. The minimum absolute atomic E-state index is 0.0510. The summed E-state index contributed by atoms with van der Waals surface area (Å²) >= 11 is 6.12. The van der Waals surface area contributed by atoms with Crippen molar-refractivity contribution < 1.29 is 14.6 Å². The number of carbonyl (C=O) groups is 1. The molecular weight excluding hydrogens is 356 g/mol. The minimum atomic E-state index is -0.494. The lowest BCUT2D eigenvalue weighted by Gasteiger charge is -2.33. The van der Waals surface area contributed by atoms with E-state index >= 15 is 0 Å². The van der Waals surface area contributed by atoms with Gasteiger partial charge in [0, 0.05) is 22.7 Å². The van der Waals surface area contributed by atoms with Gasteiger partial charge in [0.2, 0.25) is 0 Å². The molecular formula is C18H20ClN4O3+. The number of rotatable bonds is 4. The number of benzene rings is 2. The van der Waals surface area contributed by atoms with Crippen molar-refractivity contribution in [3.8, 4) is 0 Å². The lowest BCUT2D eigenvalue weighted by Crippen LogP contribution is -3.12. The molecule has 0 aliphatic carbocycles. The molecule has 1 heterocycles. The monoisotopic (exact) mass is 375 g/mol.